The van der Waals surface area contributed by atoms with Crippen LogP contribution in [0.2, 0.25) is 0 Å². The summed E-state index contributed by atoms with van der Waals surface area (Å²) in [5.74, 6) is 0.679. The minimum Gasteiger partial charge on any atom is -0.386 e. The predicted molar refractivity (Wildman–Crippen MR) is 72.7 cm³/mol. The molecule has 7 heteroatoms. The van der Waals surface area contributed by atoms with Crippen molar-refractivity contribution < 1.29 is 5.11 Å². The van der Waals surface area contributed by atoms with Crippen molar-refractivity contribution >= 4 is 16.3 Å². The summed E-state index contributed by atoms with van der Waals surface area (Å²) in [4.78, 5) is 0.671. The van der Waals surface area contributed by atoms with Gasteiger partial charge in [0.15, 0.2) is 5.82 Å². The average molecular weight is 275 g/mol. The van der Waals surface area contributed by atoms with Gasteiger partial charge in [-0.2, -0.15) is 9.61 Å². The Balaban J connectivity index is 2.03. The van der Waals surface area contributed by atoms with Gasteiger partial charge < -0.3 is 10.8 Å². The first-order valence-electron chi connectivity index (χ1n) is 5.95. The molecule has 0 aliphatic rings. The maximum atomic E-state index is 9.91. The van der Waals surface area contributed by atoms with Crippen LogP contribution >= 0.6 is 11.3 Å². The van der Waals surface area contributed by atoms with E-state index in [9.17, 15) is 5.11 Å². The number of aromatic nitrogens is 4. The molecule has 2 heterocycles. The summed E-state index contributed by atoms with van der Waals surface area (Å²) >= 11 is 1.33. The number of rotatable bonds is 4. The predicted octanol–water partition coefficient (Wildman–Crippen LogP) is 1.24. The maximum absolute atomic E-state index is 9.91. The molecule has 0 spiro atoms. The van der Waals surface area contributed by atoms with E-state index in [1.54, 1.807) is 4.52 Å². The second-order valence-corrected chi connectivity index (χ2v) is 5.11. The minimum absolute atomic E-state index is 0.423. The van der Waals surface area contributed by atoms with E-state index < -0.39 is 6.10 Å². The number of fused-ring (bicyclic) bond motifs is 1. The molecule has 0 aliphatic carbocycles. The Morgan fingerprint density at radius 1 is 1.26 bits per heavy atom. The molecule has 0 saturated heterocycles. The van der Waals surface area contributed by atoms with Crippen LogP contribution in [0.5, 0.6) is 0 Å². The van der Waals surface area contributed by atoms with E-state index in [1.807, 2.05) is 30.3 Å². The molecule has 1 unspecified atom stereocenters. The zero-order valence-electron chi connectivity index (χ0n) is 10.1. The fourth-order valence-corrected chi connectivity index (χ4v) is 2.67. The first kappa shape index (κ1) is 12.2. The second-order valence-electron chi connectivity index (χ2n) is 4.12. The standard InChI is InChI=1S/C12H13N5OS/c13-7-6-9(18)11-16-17-10(14-15-12(17)19-11)8-4-2-1-3-5-8/h1-5,9,18H,6-7,13H2. The maximum Gasteiger partial charge on any atom is 0.235 e. The SMILES string of the molecule is NCCC(O)c1nn2c(-c3ccccc3)nnc2s1. The van der Waals surface area contributed by atoms with Gasteiger partial charge in [0.2, 0.25) is 4.96 Å². The Kier molecular flexibility index (Phi) is 3.24. The molecule has 0 aliphatic heterocycles. The number of hydrogen-bond acceptors (Lipinski definition) is 6. The van der Waals surface area contributed by atoms with Gasteiger partial charge in [-0.25, -0.2) is 0 Å². The molecule has 3 rings (SSSR count). The molecule has 3 aromatic rings. The zero-order chi connectivity index (χ0) is 13.2. The highest BCUT2D eigenvalue weighted by atomic mass is 32.1. The summed E-state index contributed by atoms with van der Waals surface area (Å²) in [5.41, 5.74) is 6.38. The molecule has 0 fully saturated rings. The molecule has 98 valence electrons. The Morgan fingerprint density at radius 2 is 2.05 bits per heavy atom. The van der Waals surface area contributed by atoms with Crippen LogP contribution in [0.4, 0.5) is 0 Å². The van der Waals surface area contributed by atoms with Crippen molar-refractivity contribution in [3.63, 3.8) is 0 Å². The lowest BCUT2D eigenvalue weighted by molar-refractivity contribution is 0.169. The number of aliphatic hydroxyl groups is 1. The quantitative estimate of drug-likeness (QED) is 0.747. The van der Waals surface area contributed by atoms with Crippen molar-refractivity contribution in [3.05, 3.63) is 35.3 Å². The van der Waals surface area contributed by atoms with Crippen LogP contribution in [0.1, 0.15) is 17.5 Å². The first-order valence-corrected chi connectivity index (χ1v) is 6.77. The Labute approximate surface area is 113 Å². The van der Waals surface area contributed by atoms with Crippen molar-refractivity contribution in [2.24, 2.45) is 5.73 Å². The summed E-state index contributed by atoms with van der Waals surface area (Å²) in [6, 6.07) is 9.72. The van der Waals surface area contributed by atoms with Crippen LogP contribution in [0, 0.1) is 0 Å². The summed E-state index contributed by atoms with van der Waals surface area (Å²) in [7, 11) is 0. The van der Waals surface area contributed by atoms with E-state index in [0.717, 1.165) is 5.56 Å². The molecule has 1 atom stereocenters. The monoisotopic (exact) mass is 275 g/mol. The first-order chi connectivity index (χ1) is 9.29. The molecule has 0 radical (unpaired) electrons. The molecule has 3 N–H and O–H groups in total. The smallest absolute Gasteiger partial charge is 0.235 e. The van der Waals surface area contributed by atoms with E-state index in [-0.39, 0.29) is 0 Å². The van der Waals surface area contributed by atoms with Crippen LogP contribution in [0.25, 0.3) is 16.3 Å². The molecular formula is C12H13N5OS. The van der Waals surface area contributed by atoms with Crippen molar-refractivity contribution in [1.29, 1.82) is 0 Å². The Morgan fingerprint density at radius 3 is 2.79 bits per heavy atom. The molecule has 1 aromatic carbocycles. The zero-order valence-corrected chi connectivity index (χ0v) is 10.9. The van der Waals surface area contributed by atoms with Gasteiger partial charge in [0, 0.05) is 5.56 Å². The van der Waals surface area contributed by atoms with Gasteiger partial charge in [-0.05, 0) is 13.0 Å². The lowest BCUT2D eigenvalue weighted by Crippen LogP contribution is -2.07. The van der Waals surface area contributed by atoms with Crippen LogP contribution in [-0.4, -0.2) is 31.5 Å². The fraction of sp³-hybridized carbons (Fsp3) is 0.250. The second kappa shape index (κ2) is 5.04. The number of aliphatic hydroxyl groups excluding tert-OH is 1. The van der Waals surface area contributed by atoms with Crippen molar-refractivity contribution in [2.75, 3.05) is 6.54 Å². The van der Waals surface area contributed by atoms with Crippen LogP contribution in [-0.2, 0) is 0 Å². The lowest BCUT2D eigenvalue weighted by atomic mass is 10.2. The van der Waals surface area contributed by atoms with E-state index in [4.69, 9.17) is 5.73 Å². The van der Waals surface area contributed by atoms with Crippen LogP contribution in [0.15, 0.2) is 30.3 Å². The number of benzene rings is 1. The van der Waals surface area contributed by atoms with Gasteiger partial charge in [0.25, 0.3) is 0 Å². The fourth-order valence-electron chi connectivity index (χ4n) is 1.81. The third-order valence-corrected chi connectivity index (χ3v) is 3.76. The average Bonchev–Trinajstić information content (AvgIpc) is 2.99. The van der Waals surface area contributed by atoms with E-state index in [1.165, 1.54) is 11.3 Å². The normalized spacial score (nSPS) is 12.9. The molecule has 19 heavy (non-hydrogen) atoms. The van der Waals surface area contributed by atoms with E-state index >= 15 is 0 Å². The van der Waals surface area contributed by atoms with E-state index in [2.05, 4.69) is 15.3 Å². The molecule has 2 aromatic heterocycles. The number of nitrogens with two attached hydrogens (primary N) is 1. The van der Waals surface area contributed by atoms with E-state index in [0.29, 0.717) is 28.8 Å². The third kappa shape index (κ3) is 2.23. The summed E-state index contributed by atoms with van der Waals surface area (Å²) in [6.45, 7) is 0.423. The largest absolute Gasteiger partial charge is 0.386 e. The highest BCUT2D eigenvalue weighted by Gasteiger charge is 2.17. The van der Waals surface area contributed by atoms with Gasteiger partial charge in [0.1, 0.15) is 11.1 Å². The van der Waals surface area contributed by atoms with Crippen LogP contribution < -0.4 is 5.73 Å². The molecule has 6 nitrogen and oxygen atoms in total. The molecule has 0 saturated carbocycles. The summed E-state index contributed by atoms with van der Waals surface area (Å²) in [5, 5.41) is 23.1. The van der Waals surface area contributed by atoms with Gasteiger partial charge >= 0.3 is 0 Å². The van der Waals surface area contributed by atoms with Gasteiger partial charge in [-0.3, -0.25) is 0 Å². The molecule has 0 amide bonds. The Bertz CT molecular complexity index is 678. The summed E-state index contributed by atoms with van der Waals surface area (Å²) < 4.78 is 1.66. The molecule has 0 bridgehead atoms. The lowest BCUT2D eigenvalue weighted by Gasteiger charge is -2.03. The van der Waals surface area contributed by atoms with Gasteiger partial charge in [0.05, 0.1) is 0 Å². The highest BCUT2D eigenvalue weighted by Crippen LogP contribution is 2.25. The number of hydrogen-bond donors (Lipinski definition) is 2. The van der Waals surface area contributed by atoms with Crippen molar-refractivity contribution in [1.82, 2.24) is 19.8 Å². The van der Waals surface area contributed by atoms with Gasteiger partial charge in [-0.1, -0.05) is 41.7 Å². The number of nitrogens with zero attached hydrogens (tertiary/aromatic N) is 4. The van der Waals surface area contributed by atoms with Crippen molar-refractivity contribution in [2.45, 2.75) is 12.5 Å². The third-order valence-electron chi connectivity index (χ3n) is 2.76. The Hall–Kier alpha value is -1.83. The van der Waals surface area contributed by atoms with Crippen molar-refractivity contribution in [3.8, 4) is 11.4 Å². The minimum atomic E-state index is -0.639. The highest BCUT2D eigenvalue weighted by molar-refractivity contribution is 7.16. The summed E-state index contributed by atoms with van der Waals surface area (Å²) in [6.07, 6.45) is -0.148. The molecular weight excluding hydrogens is 262 g/mol. The van der Waals surface area contributed by atoms with Gasteiger partial charge in [-0.15, -0.1) is 10.2 Å². The topological polar surface area (TPSA) is 89.3 Å². The van der Waals surface area contributed by atoms with Crippen LogP contribution in [0.3, 0.4) is 0 Å².